The summed E-state index contributed by atoms with van der Waals surface area (Å²) in [5, 5.41) is 17.5. The molecule has 218 valence electrons. The van der Waals surface area contributed by atoms with E-state index < -0.39 is 54.6 Å². The molecule has 0 saturated carbocycles. The number of carbonyl (C=O) groups is 2. The molecule has 6 rings (SSSR count). The summed E-state index contributed by atoms with van der Waals surface area (Å²) in [5.74, 6) is -1.90. The Kier molecular flexibility index (Phi) is 6.91. The van der Waals surface area contributed by atoms with Crippen molar-refractivity contribution in [2.45, 2.75) is 36.8 Å². The zero-order valence-corrected chi connectivity index (χ0v) is 22.3. The first kappa shape index (κ1) is 27.8. The SMILES string of the molecule is O=C(CN1C(=O)C2(CCN(C(O)c3ccc4[nH]ncc4n3)CC2)c2c1ccc(F)c2Cl)N1CCOC(C(F)(F)F)C1. The van der Waals surface area contributed by atoms with Crippen LogP contribution < -0.4 is 4.90 Å². The Hall–Kier alpha value is -3.33. The number of morpholine rings is 1. The zero-order chi connectivity index (χ0) is 29.1. The van der Waals surface area contributed by atoms with Gasteiger partial charge in [-0.15, -0.1) is 0 Å². The quantitative estimate of drug-likeness (QED) is 0.445. The number of pyridine rings is 1. The molecule has 15 heteroatoms. The number of likely N-dealkylation sites (tertiary alicyclic amines) is 1. The monoisotopic (exact) mass is 596 g/mol. The molecule has 2 saturated heterocycles. The van der Waals surface area contributed by atoms with Crippen molar-refractivity contribution < 1.29 is 37.0 Å². The van der Waals surface area contributed by atoms with Gasteiger partial charge in [-0.1, -0.05) is 11.6 Å². The third kappa shape index (κ3) is 4.72. The molecular formula is C26H25ClF4N6O4. The van der Waals surface area contributed by atoms with Crippen LogP contribution in [0.3, 0.4) is 0 Å². The Labute approximate surface area is 235 Å². The van der Waals surface area contributed by atoms with Crippen molar-refractivity contribution in [3.8, 4) is 0 Å². The summed E-state index contributed by atoms with van der Waals surface area (Å²) in [5.41, 5.74) is 0.915. The fraction of sp³-hybridized carbons (Fsp3) is 0.462. The van der Waals surface area contributed by atoms with Crippen LogP contribution >= 0.6 is 11.6 Å². The molecule has 10 nitrogen and oxygen atoms in total. The van der Waals surface area contributed by atoms with E-state index in [4.69, 9.17) is 16.3 Å². The second-order valence-electron chi connectivity index (χ2n) is 10.4. The highest BCUT2D eigenvalue weighted by Gasteiger charge is 2.55. The van der Waals surface area contributed by atoms with Crippen LogP contribution in [0.25, 0.3) is 11.0 Å². The number of nitrogens with one attached hydrogen (secondary N) is 1. The van der Waals surface area contributed by atoms with Gasteiger partial charge in [-0.2, -0.15) is 18.3 Å². The van der Waals surface area contributed by atoms with Gasteiger partial charge < -0.3 is 19.6 Å². The molecular weight excluding hydrogens is 572 g/mol. The van der Waals surface area contributed by atoms with Gasteiger partial charge >= 0.3 is 6.18 Å². The summed E-state index contributed by atoms with van der Waals surface area (Å²) in [6, 6.07) is 5.87. The number of aliphatic hydroxyl groups excluding tert-OH is 1. The van der Waals surface area contributed by atoms with Gasteiger partial charge in [0.15, 0.2) is 12.3 Å². The molecule has 2 atom stereocenters. The topological polar surface area (TPSA) is 115 Å². The average molecular weight is 597 g/mol. The fourth-order valence-electron chi connectivity index (χ4n) is 5.95. The summed E-state index contributed by atoms with van der Waals surface area (Å²) in [6.45, 7) is -1.10. The van der Waals surface area contributed by atoms with E-state index in [0.717, 1.165) is 11.0 Å². The molecule has 0 radical (unpaired) electrons. The average Bonchev–Trinajstić information content (AvgIpc) is 3.52. The second-order valence-corrected chi connectivity index (χ2v) is 10.8. The number of carbonyl (C=O) groups excluding carboxylic acids is 2. The number of anilines is 1. The van der Waals surface area contributed by atoms with Crippen molar-refractivity contribution in [3.63, 3.8) is 0 Å². The smallest absolute Gasteiger partial charge is 0.372 e. The van der Waals surface area contributed by atoms with E-state index in [1.807, 2.05) is 0 Å². The van der Waals surface area contributed by atoms with Crippen molar-refractivity contribution in [2.75, 3.05) is 44.2 Å². The van der Waals surface area contributed by atoms with Crippen LogP contribution in [-0.4, -0.2) is 93.5 Å². The maximum atomic E-state index is 14.7. The van der Waals surface area contributed by atoms with Crippen molar-refractivity contribution in [3.05, 3.63) is 52.6 Å². The molecule has 2 N–H and O–H groups in total. The number of H-pyrrole nitrogens is 1. The number of fused-ring (bicyclic) bond motifs is 3. The summed E-state index contributed by atoms with van der Waals surface area (Å²) < 4.78 is 59.1. The molecule has 1 aromatic carbocycles. The third-order valence-corrected chi connectivity index (χ3v) is 8.52. The van der Waals surface area contributed by atoms with Gasteiger partial charge in [-0.05, 0) is 37.1 Å². The number of rotatable bonds is 4. The molecule has 3 aliphatic rings. The van der Waals surface area contributed by atoms with Crippen LogP contribution in [0.1, 0.15) is 30.3 Å². The first-order chi connectivity index (χ1) is 19.5. The maximum absolute atomic E-state index is 14.7. The van der Waals surface area contributed by atoms with Crippen LogP contribution in [-0.2, 0) is 19.7 Å². The molecule has 0 bridgehead atoms. The fourth-order valence-corrected chi connectivity index (χ4v) is 6.29. The van der Waals surface area contributed by atoms with Crippen LogP contribution in [0.5, 0.6) is 0 Å². The molecule has 3 aromatic rings. The standard InChI is InChI=1S/C26H25ClF4N6O4/c27-22-14(28)1-4-18-21(22)25(24(40)37(18)13-20(38)36-9-10-41-19(12-36)26(29,30)31)5-7-35(8-6-25)23(39)16-3-2-15-17(33-16)11-32-34-15/h1-4,11,19,23,39H,5-10,12-13H2,(H,32,34). The predicted molar refractivity (Wildman–Crippen MR) is 137 cm³/mol. The van der Waals surface area contributed by atoms with E-state index in [0.29, 0.717) is 16.7 Å². The summed E-state index contributed by atoms with van der Waals surface area (Å²) >= 11 is 6.41. The van der Waals surface area contributed by atoms with Gasteiger partial charge in [0.2, 0.25) is 11.8 Å². The highest BCUT2D eigenvalue weighted by Crippen LogP contribution is 2.52. The first-order valence-corrected chi connectivity index (χ1v) is 13.4. The summed E-state index contributed by atoms with van der Waals surface area (Å²) in [4.78, 5) is 35.5. The van der Waals surface area contributed by atoms with Gasteiger partial charge in [-0.25, -0.2) is 9.37 Å². The molecule has 2 unspecified atom stereocenters. The van der Waals surface area contributed by atoms with Crippen LogP contribution in [0.4, 0.5) is 23.2 Å². The van der Waals surface area contributed by atoms with Gasteiger partial charge in [-0.3, -0.25) is 19.6 Å². The second kappa shape index (κ2) is 10.2. The number of benzene rings is 1. The Bertz CT molecular complexity index is 1510. The number of amides is 2. The van der Waals surface area contributed by atoms with Gasteiger partial charge in [0.1, 0.15) is 17.9 Å². The minimum Gasteiger partial charge on any atom is -0.372 e. The largest absolute Gasteiger partial charge is 0.416 e. The molecule has 2 fully saturated rings. The van der Waals surface area contributed by atoms with Gasteiger partial charge in [0, 0.05) is 25.2 Å². The number of aromatic amines is 1. The molecule has 0 aliphatic carbocycles. The number of hydrogen-bond acceptors (Lipinski definition) is 7. The normalized spacial score (nSPS) is 22.0. The van der Waals surface area contributed by atoms with Gasteiger partial charge in [0.25, 0.3) is 0 Å². The van der Waals surface area contributed by atoms with E-state index in [1.54, 1.807) is 17.0 Å². The Morgan fingerprint density at radius 1 is 1.22 bits per heavy atom. The summed E-state index contributed by atoms with van der Waals surface area (Å²) in [7, 11) is 0. The zero-order valence-electron chi connectivity index (χ0n) is 21.5. The van der Waals surface area contributed by atoms with E-state index in [-0.39, 0.29) is 55.4 Å². The predicted octanol–water partition coefficient (Wildman–Crippen LogP) is 2.91. The highest BCUT2D eigenvalue weighted by molar-refractivity contribution is 6.33. The lowest BCUT2D eigenvalue weighted by atomic mass is 9.73. The highest BCUT2D eigenvalue weighted by atomic mass is 35.5. The molecule has 41 heavy (non-hydrogen) atoms. The number of aromatic nitrogens is 3. The van der Waals surface area contributed by atoms with E-state index in [1.165, 1.54) is 17.2 Å². The van der Waals surface area contributed by atoms with Crippen LogP contribution in [0.2, 0.25) is 5.02 Å². The number of alkyl halides is 3. The minimum atomic E-state index is -4.64. The lowest BCUT2D eigenvalue weighted by Gasteiger charge is -2.40. The number of hydrogen-bond donors (Lipinski definition) is 2. The molecule has 5 heterocycles. The van der Waals surface area contributed by atoms with E-state index in [2.05, 4.69) is 15.2 Å². The van der Waals surface area contributed by atoms with Crippen molar-refractivity contribution in [1.29, 1.82) is 0 Å². The maximum Gasteiger partial charge on any atom is 0.416 e. The minimum absolute atomic E-state index is 0.0545. The number of ether oxygens (including phenoxy) is 1. The molecule has 1 spiro atoms. The van der Waals surface area contributed by atoms with Gasteiger partial charge in [0.05, 0.1) is 46.7 Å². The molecule has 2 amide bonds. The summed E-state index contributed by atoms with van der Waals surface area (Å²) in [6.07, 6.45) is -5.97. The Balaban J connectivity index is 1.23. The van der Waals surface area contributed by atoms with E-state index >= 15 is 0 Å². The Morgan fingerprint density at radius 2 is 1.98 bits per heavy atom. The van der Waals surface area contributed by atoms with E-state index in [9.17, 15) is 32.3 Å². The number of halogens is 5. The number of piperidine rings is 1. The van der Waals surface area contributed by atoms with Crippen LogP contribution in [0, 0.1) is 5.82 Å². The Morgan fingerprint density at radius 3 is 2.71 bits per heavy atom. The van der Waals surface area contributed by atoms with Crippen molar-refractivity contribution in [1.82, 2.24) is 25.0 Å². The molecule has 2 aromatic heterocycles. The number of aliphatic hydroxyl groups is 1. The van der Waals surface area contributed by atoms with Crippen LogP contribution in [0.15, 0.2) is 30.5 Å². The lowest BCUT2D eigenvalue weighted by molar-refractivity contribution is -0.236. The van der Waals surface area contributed by atoms with Crippen molar-refractivity contribution in [2.24, 2.45) is 0 Å². The first-order valence-electron chi connectivity index (χ1n) is 13.0. The van der Waals surface area contributed by atoms with Crippen molar-refractivity contribution >= 4 is 40.1 Å². The number of nitrogens with zero attached hydrogens (tertiary/aromatic N) is 5. The molecule has 3 aliphatic heterocycles. The lowest BCUT2D eigenvalue weighted by Crippen LogP contribution is -2.54. The third-order valence-electron chi connectivity index (χ3n) is 8.15.